The van der Waals surface area contributed by atoms with Crippen molar-refractivity contribution in [3.05, 3.63) is 24.3 Å². The zero-order valence-corrected chi connectivity index (χ0v) is 4.61. The Morgan fingerprint density at radius 1 is 1.33 bits per heavy atom. The highest BCUT2D eigenvalue weighted by Crippen LogP contribution is 2.08. The molecule has 9 heavy (non-hydrogen) atoms. The van der Waals surface area contributed by atoms with Gasteiger partial charge >= 0.3 is 0 Å². The Balaban J connectivity index is 2.91. The van der Waals surface area contributed by atoms with Crippen LogP contribution in [-0.4, -0.2) is 21.8 Å². The summed E-state index contributed by atoms with van der Waals surface area (Å²) in [6.07, 6.45) is 4.99. The van der Waals surface area contributed by atoms with Crippen LogP contribution in [0.4, 0.5) is 0 Å². The van der Waals surface area contributed by atoms with Gasteiger partial charge in [-0.25, -0.2) is 0 Å². The molecule has 1 aliphatic rings. The van der Waals surface area contributed by atoms with Gasteiger partial charge in [-0.15, -0.1) is 0 Å². The molecule has 1 aliphatic carbocycles. The molecular formula is C6H6O3. The Kier molecular flexibility index (Phi) is 1.23. The minimum atomic E-state index is -2.27. The average molecular weight is 126 g/mol. The zero-order valence-electron chi connectivity index (χ0n) is 4.61. The molecule has 0 heterocycles. The van der Waals surface area contributed by atoms with Crippen LogP contribution in [0.2, 0.25) is 0 Å². The molecule has 48 valence electrons. The molecule has 0 spiro atoms. The summed E-state index contributed by atoms with van der Waals surface area (Å²) in [6.45, 7) is 0. The molecule has 3 heteroatoms. The first-order valence-electron chi connectivity index (χ1n) is 2.48. The quantitative estimate of drug-likeness (QED) is 0.424. The van der Waals surface area contributed by atoms with Gasteiger partial charge in [0.05, 0.1) is 0 Å². The fourth-order valence-corrected chi connectivity index (χ4v) is 0.537. The summed E-state index contributed by atoms with van der Waals surface area (Å²) >= 11 is 0. The van der Waals surface area contributed by atoms with Crippen LogP contribution in [-0.2, 0) is 4.79 Å². The normalized spacial score (nSPS) is 22.7. The van der Waals surface area contributed by atoms with Crippen molar-refractivity contribution in [1.29, 1.82) is 0 Å². The average Bonchev–Trinajstić information content (AvgIpc) is 1.77. The maximum atomic E-state index is 10.5. The van der Waals surface area contributed by atoms with E-state index in [9.17, 15) is 4.79 Å². The highest BCUT2D eigenvalue weighted by molar-refractivity contribution is 5.98. The van der Waals surface area contributed by atoms with Crippen LogP contribution in [0.15, 0.2) is 24.3 Å². The molecule has 0 aromatic carbocycles. The highest BCUT2D eigenvalue weighted by Gasteiger charge is 2.28. The van der Waals surface area contributed by atoms with E-state index >= 15 is 0 Å². The smallest absolute Gasteiger partial charge is 0.248 e. The van der Waals surface area contributed by atoms with Crippen LogP contribution in [0.5, 0.6) is 0 Å². The maximum absolute atomic E-state index is 10.5. The second-order valence-electron chi connectivity index (χ2n) is 1.81. The Morgan fingerprint density at radius 3 is 2.33 bits per heavy atom. The summed E-state index contributed by atoms with van der Waals surface area (Å²) in [5.41, 5.74) is 0. The SMILES string of the molecule is O=C1C=CC=CC1(O)O. The van der Waals surface area contributed by atoms with E-state index in [0.717, 1.165) is 12.2 Å². The van der Waals surface area contributed by atoms with Crippen molar-refractivity contribution < 1.29 is 15.0 Å². The molecule has 0 saturated heterocycles. The summed E-state index contributed by atoms with van der Waals surface area (Å²) in [7, 11) is 0. The first-order valence-corrected chi connectivity index (χ1v) is 2.48. The molecule has 1 rings (SSSR count). The lowest BCUT2D eigenvalue weighted by atomic mass is 10.1. The molecule has 3 nitrogen and oxygen atoms in total. The number of carbonyl (C=O) groups excluding carboxylic acids is 1. The van der Waals surface area contributed by atoms with Crippen molar-refractivity contribution >= 4 is 5.78 Å². The summed E-state index contributed by atoms with van der Waals surface area (Å²) in [5, 5.41) is 17.4. The summed E-state index contributed by atoms with van der Waals surface area (Å²) in [6, 6.07) is 0. The van der Waals surface area contributed by atoms with Crippen LogP contribution in [0.1, 0.15) is 0 Å². The number of hydrogen-bond acceptors (Lipinski definition) is 3. The Morgan fingerprint density at radius 2 is 2.00 bits per heavy atom. The van der Waals surface area contributed by atoms with E-state index in [1.807, 2.05) is 0 Å². The second-order valence-corrected chi connectivity index (χ2v) is 1.81. The van der Waals surface area contributed by atoms with Crippen LogP contribution in [0.3, 0.4) is 0 Å². The standard InChI is InChI=1S/C6H6O3/c7-5-3-1-2-4-6(5,8)9/h1-4,8-9H. The van der Waals surface area contributed by atoms with Gasteiger partial charge in [-0.1, -0.05) is 12.2 Å². The molecule has 0 aromatic heterocycles. The zero-order chi connectivity index (χ0) is 6.91. The third-order valence-electron chi connectivity index (χ3n) is 1.05. The van der Waals surface area contributed by atoms with Crippen molar-refractivity contribution in [2.24, 2.45) is 0 Å². The second kappa shape index (κ2) is 1.79. The van der Waals surface area contributed by atoms with E-state index in [-0.39, 0.29) is 0 Å². The molecule has 0 atom stereocenters. The molecule has 0 radical (unpaired) electrons. The lowest BCUT2D eigenvalue weighted by Gasteiger charge is -2.14. The minimum absolute atomic E-state index is 0.704. The number of aliphatic hydroxyl groups is 2. The Bertz CT molecular complexity index is 188. The van der Waals surface area contributed by atoms with Crippen LogP contribution in [0.25, 0.3) is 0 Å². The third kappa shape index (κ3) is 1.06. The summed E-state index contributed by atoms with van der Waals surface area (Å²) in [5.74, 6) is -2.97. The Labute approximate surface area is 51.9 Å². The molecular weight excluding hydrogens is 120 g/mol. The minimum Gasteiger partial charge on any atom is -0.356 e. The lowest BCUT2D eigenvalue weighted by Crippen LogP contribution is -2.35. The van der Waals surface area contributed by atoms with Crippen molar-refractivity contribution in [2.45, 2.75) is 5.79 Å². The van der Waals surface area contributed by atoms with E-state index < -0.39 is 11.6 Å². The highest BCUT2D eigenvalue weighted by atomic mass is 16.5. The molecule has 0 amide bonds. The molecule has 0 fully saturated rings. The van der Waals surface area contributed by atoms with Crippen molar-refractivity contribution in [1.82, 2.24) is 0 Å². The van der Waals surface area contributed by atoms with Crippen LogP contribution < -0.4 is 0 Å². The number of hydrogen-bond donors (Lipinski definition) is 2. The fourth-order valence-electron chi connectivity index (χ4n) is 0.537. The van der Waals surface area contributed by atoms with Crippen LogP contribution in [0, 0.1) is 0 Å². The van der Waals surface area contributed by atoms with Gasteiger partial charge in [-0.2, -0.15) is 0 Å². The van der Waals surface area contributed by atoms with E-state index in [4.69, 9.17) is 10.2 Å². The van der Waals surface area contributed by atoms with Crippen molar-refractivity contribution in [2.75, 3.05) is 0 Å². The monoisotopic (exact) mass is 126 g/mol. The largest absolute Gasteiger partial charge is 0.356 e. The topological polar surface area (TPSA) is 57.5 Å². The van der Waals surface area contributed by atoms with E-state index in [1.165, 1.54) is 12.2 Å². The predicted octanol–water partition coefficient (Wildman–Crippen LogP) is -0.638. The van der Waals surface area contributed by atoms with Gasteiger partial charge in [0.1, 0.15) is 0 Å². The number of ketones is 1. The van der Waals surface area contributed by atoms with Gasteiger partial charge in [0.25, 0.3) is 0 Å². The maximum Gasteiger partial charge on any atom is 0.248 e. The molecule has 2 N–H and O–H groups in total. The number of allylic oxidation sites excluding steroid dienone is 2. The summed E-state index contributed by atoms with van der Waals surface area (Å²) in [4.78, 5) is 10.5. The van der Waals surface area contributed by atoms with E-state index in [2.05, 4.69) is 0 Å². The van der Waals surface area contributed by atoms with Gasteiger partial charge in [0, 0.05) is 0 Å². The lowest BCUT2D eigenvalue weighted by molar-refractivity contribution is -0.160. The van der Waals surface area contributed by atoms with Gasteiger partial charge < -0.3 is 10.2 Å². The van der Waals surface area contributed by atoms with Crippen LogP contribution >= 0.6 is 0 Å². The molecule has 0 bridgehead atoms. The number of carbonyl (C=O) groups is 1. The summed E-state index contributed by atoms with van der Waals surface area (Å²) < 4.78 is 0. The van der Waals surface area contributed by atoms with Gasteiger partial charge in [-0.3, -0.25) is 4.79 Å². The van der Waals surface area contributed by atoms with E-state index in [0.29, 0.717) is 0 Å². The molecule has 0 unspecified atom stereocenters. The van der Waals surface area contributed by atoms with Crippen molar-refractivity contribution in [3.8, 4) is 0 Å². The Hall–Kier alpha value is -0.930. The van der Waals surface area contributed by atoms with Gasteiger partial charge in [-0.05, 0) is 12.2 Å². The van der Waals surface area contributed by atoms with Crippen molar-refractivity contribution in [3.63, 3.8) is 0 Å². The van der Waals surface area contributed by atoms with Gasteiger partial charge in [0.2, 0.25) is 11.6 Å². The molecule has 0 saturated carbocycles. The third-order valence-corrected chi connectivity index (χ3v) is 1.05. The molecule has 0 aliphatic heterocycles. The predicted molar refractivity (Wildman–Crippen MR) is 30.5 cm³/mol. The first-order chi connectivity index (χ1) is 4.13. The number of rotatable bonds is 0. The fraction of sp³-hybridized carbons (Fsp3) is 0.167. The van der Waals surface area contributed by atoms with Gasteiger partial charge in [0.15, 0.2) is 0 Å². The van der Waals surface area contributed by atoms with E-state index in [1.54, 1.807) is 0 Å². The molecule has 0 aromatic rings. The first kappa shape index (κ1) is 6.19.